The molecule has 0 aliphatic rings. The van der Waals surface area contributed by atoms with Gasteiger partial charge in [0.15, 0.2) is 10.9 Å². The van der Waals surface area contributed by atoms with Gasteiger partial charge >= 0.3 is 0 Å². The van der Waals surface area contributed by atoms with Crippen molar-refractivity contribution in [3.05, 3.63) is 59.3 Å². The Morgan fingerprint density at radius 3 is 2.70 bits per heavy atom. The molecular weight excluding hydrogens is 272 g/mol. The highest BCUT2D eigenvalue weighted by molar-refractivity contribution is 7.13. The van der Waals surface area contributed by atoms with Gasteiger partial charge in [0.25, 0.3) is 5.91 Å². The van der Waals surface area contributed by atoms with E-state index in [1.54, 1.807) is 23.7 Å². The van der Waals surface area contributed by atoms with Gasteiger partial charge in [-0.15, -0.1) is 11.3 Å². The summed E-state index contributed by atoms with van der Waals surface area (Å²) in [4.78, 5) is 16.0. The number of nitrogens with one attached hydrogen (secondary N) is 1. The standard InChI is InChI=1S/C15H12N2O2S/c1-10-2-4-11(5-3-10)12-6-7-13(19-12)14(18)17-15-16-8-9-20-15/h2-9H,1H3,(H,16,17,18). The number of carbonyl (C=O) groups excluding carboxylic acids is 1. The fraction of sp³-hybridized carbons (Fsp3) is 0.0667. The molecule has 100 valence electrons. The molecule has 3 rings (SSSR count). The van der Waals surface area contributed by atoms with Crippen molar-refractivity contribution < 1.29 is 9.21 Å². The molecule has 1 aromatic carbocycles. The zero-order chi connectivity index (χ0) is 13.9. The smallest absolute Gasteiger partial charge is 0.293 e. The minimum absolute atomic E-state index is 0.274. The number of thiazole rings is 1. The second-order valence-electron chi connectivity index (χ2n) is 4.32. The molecule has 0 atom stereocenters. The minimum Gasteiger partial charge on any atom is -0.451 e. The Hall–Kier alpha value is -2.40. The third-order valence-corrected chi connectivity index (χ3v) is 3.51. The second kappa shape index (κ2) is 5.30. The molecule has 0 saturated carbocycles. The normalized spacial score (nSPS) is 10.4. The molecule has 0 saturated heterocycles. The molecule has 0 radical (unpaired) electrons. The largest absolute Gasteiger partial charge is 0.451 e. The van der Waals surface area contributed by atoms with Crippen molar-refractivity contribution in [1.29, 1.82) is 0 Å². The van der Waals surface area contributed by atoms with E-state index in [1.165, 1.54) is 16.9 Å². The fourth-order valence-corrected chi connectivity index (χ4v) is 2.30. The number of anilines is 1. The molecule has 4 nitrogen and oxygen atoms in total. The Morgan fingerprint density at radius 1 is 1.20 bits per heavy atom. The van der Waals surface area contributed by atoms with Crippen LogP contribution in [0.2, 0.25) is 0 Å². The van der Waals surface area contributed by atoms with Crippen LogP contribution in [0.1, 0.15) is 16.1 Å². The molecule has 1 amide bonds. The molecule has 0 unspecified atom stereocenters. The summed E-state index contributed by atoms with van der Waals surface area (Å²) in [6, 6.07) is 11.4. The van der Waals surface area contributed by atoms with E-state index < -0.39 is 0 Å². The van der Waals surface area contributed by atoms with Crippen LogP contribution in [0.5, 0.6) is 0 Å². The highest BCUT2D eigenvalue weighted by Crippen LogP contribution is 2.23. The van der Waals surface area contributed by atoms with Gasteiger partial charge in [0.1, 0.15) is 5.76 Å². The van der Waals surface area contributed by atoms with Crippen LogP contribution < -0.4 is 5.32 Å². The third-order valence-electron chi connectivity index (χ3n) is 2.82. The highest BCUT2D eigenvalue weighted by Gasteiger charge is 2.13. The van der Waals surface area contributed by atoms with Gasteiger partial charge in [-0.05, 0) is 19.1 Å². The van der Waals surface area contributed by atoms with Gasteiger partial charge < -0.3 is 4.42 Å². The molecule has 5 heteroatoms. The number of aromatic nitrogens is 1. The van der Waals surface area contributed by atoms with Gasteiger partial charge in [-0.25, -0.2) is 4.98 Å². The van der Waals surface area contributed by atoms with Gasteiger partial charge in [0.05, 0.1) is 0 Å². The second-order valence-corrected chi connectivity index (χ2v) is 5.22. The van der Waals surface area contributed by atoms with Crippen molar-refractivity contribution >= 4 is 22.4 Å². The molecule has 0 fully saturated rings. The number of hydrogen-bond donors (Lipinski definition) is 1. The molecule has 2 heterocycles. The third kappa shape index (κ3) is 2.62. The first-order valence-electron chi connectivity index (χ1n) is 6.10. The molecule has 0 bridgehead atoms. The van der Waals surface area contributed by atoms with E-state index in [2.05, 4.69) is 10.3 Å². The minimum atomic E-state index is -0.293. The lowest BCUT2D eigenvalue weighted by Crippen LogP contribution is -2.10. The van der Waals surface area contributed by atoms with Crippen molar-refractivity contribution in [2.45, 2.75) is 6.92 Å². The van der Waals surface area contributed by atoms with Crippen molar-refractivity contribution in [2.24, 2.45) is 0 Å². The van der Waals surface area contributed by atoms with Crippen LogP contribution in [-0.2, 0) is 0 Å². The Morgan fingerprint density at radius 2 is 2.00 bits per heavy atom. The Kier molecular flexibility index (Phi) is 3.35. The lowest BCUT2D eigenvalue weighted by atomic mass is 10.1. The maximum Gasteiger partial charge on any atom is 0.293 e. The Bertz CT molecular complexity index is 715. The van der Waals surface area contributed by atoms with E-state index in [0.29, 0.717) is 10.9 Å². The van der Waals surface area contributed by atoms with Crippen molar-refractivity contribution in [1.82, 2.24) is 4.98 Å². The van der Waals surface area contributed by atoms with Crippen LogP contribution in [0.4, 0.5) is 5.13 Å². The number of carbonyl (C=O) groups is 1. The predicted octanol–water partition coefficient (Wildman–Crippen LogP) is 3.96. The zero-order valence-electron chi connectivity index (χ0n) is 10.8. The maximum atomic E-state index is 12.0. The van der Waals surface area contributed by atoms with E-state index in [0.717, 1.165) is 5.56 Å². The number of hydrogen-bond acceptors (Lipinski definition) is 4. The summed E-state index contributed by atoms with van der Waals surface area (Å²) in [5.41, 5.74) is 2.13. The summed E-state index contributed by atoms with van der Waals surface area (Å²) in [6.07, 6.45) is 1.64. The predicted molar refractivity (Wildman–Crippen MR) is 78.9 cm³/mol. The van der Waals surface area contributed by atoms with Crippen molar-refractivity contribution in [3.8, 4) is 11.3 Å². The number of nitrogens with zero attached hydrogens (tertiary/aromatic N) is 1. The van der Waals surface area contributed by atoms with Crippen molar-refractivity contribution in [3.63, 3.8) is 0 Å². The van der Waals surface area contributed by atoms with Crippen LogP contribution in [0.3, 0.4) is 0 Å². The lowest BCUT2D eigenvalue weighted by molar-refractivity contribution is 0.0997. The average molecular weight is 284 g/mol. The number of aryl methyl sites for hydroxylation is 1. The summed E-state index contributed by atoms with van der Waals surface area (Å²) in [5.74, 6) is 0.656. The zero-order valence-corrected chi connectivity index (χ0v) is 11.6. The summed E-state index contributed by atoms with van der Waals surface area (Å²) in [5, 5.41) is 5.05. The summed E-state index contributed by atoms with van der Waals surface area (Å²) in [7, 11) is 0. The van der Waals surface area contributed by atoms with Crippen LogP contribution in [0.15, 0.2) is 52.4 Å². The van der Waals surface area contributed by atoms with E-state index in [1.807, 2.05) is 31.2 Å². The summed E-state index contributed by atoms with van der Waals surface area (Å²) in [6.45, 7) is 2.03. The molecule has 0 aliphatic carbocycles. The highest BCUT2D eigenvalue weighted by atomic mass is 32.1. The van der Waals surface area contributed by atoms with Gasteiger partial charge in [0, 0.05) is 17.1 Å². The first-order valence-corrected chi connectivity index (χ1v) is 6.98. The molecule has 0 aliphatic heterocycles. The van der Waals surface area contributed by atoms with Crippen LogP contribution >= 0.6 is 11.3 Å². The number of amides is 1. The summed E-state index contributed by atoms with van der Waals surface area (Å²) < 4.78 is 5.58. The average Bonchev–Trinajstić information content (AvgIpc) is 3.10. The summed E-state index contributed by atoms with van der Waals surface area (Å²) >= 11 is 1.37. The maximum absolute atomic E-state index is 12.0. The fourth-order valence-electron chi connectivity index (χ4n) is 1.78. The first kappa shape index (κ1) is 12.6. The van der Waals surface area contributed by atoms with E-state index in [9.17, 15) is 4.79 Å². The number of furan rings is 1. The lowest BCUT2D eigenvalue weighted by Gasteiger charge is -1.99. The molecule has 20 heavy (non-hydrogen) atoms. The number of benzene rings is 1. The first-order chi connectivity index (χ1) is 9.72. The van der Waals surface area contributed by atoms with Crippen LogP contribution in [-0.4, -0.2) is 10.9 Å². The van der Waals surface area contributed by atoms with Gasteiger partial charge in [0.2, 0.25) is 0 Å². The molecule has 1 N–H and O–H groups in total. The molecule has 0 spiro atoms. The van der Waals surface area contributed by atoms with Gasteiger partial charge in [-0.3, -0.25) is 10.1 Å². The Balaban J connectivity index is 1.79. The molecule has 3 aromatic rings. The van der Waals surface area contributed by atoms with Gasteiger partial charge in [-0.2, -0.15) is 0 Å². The van der Waals surface area contributed by atoms with Crippen LogP contribution in [0.25, 0.3) is 11.3 Å². The van der Waals surface area contributed by atoms with Crippen molar-refractivity contribution in [2.75, 3.05) is 5.32 Å². The van der Waals surface area contributed by atoms with Gasteiger partial charge in [-0.1, -0.05) is 29.8 Å². The Labute approximate surface area is 120 Å². The van der Waals surface area contributed by atoms with E-state index in [-0.39, 0.29) is 11.7 Å². The topological polar surface area (TPSA) is 55.1 Å². The number of rotatable bonds is 3. The molecular formula is C15H12N2O2S. The van der Waals surface area contributed by atoms with E-state index >= 15 is 0 Å². The molecule has 2 aromatic heterocycles. The van der Waals surface area contributed by atoms with Crippen LogP contribution in [0, 0.1) is 6.92 Å². The monoisotopic (exact) mass is 284 g/mol. The quantitative estimate of drug-likeness (QED) is 0.792. The van der Waals surface area contributed by atoms with E-state index in [4.69, 9.17) is 4.42 Å². The SMILES string of the molecule is Cc1ccc(-c2ccc(C(=O)Nc3nccs3)o2)cc1.